The summed E-state index contributed by atoms with van der Waals surface area (Å²) in [5, 5.41) is 9.40. The molecule has 0 aromatic carbocycles. The smallest absolute Gasteiger partial charge is 0.210 e. The topological polar surface area (TPSA) is 42.7 Å². The van der Waals surface area contributed by atoms with Crippen molar-refractivity contribution in [3.63, 3.8) is 0 Å². The summed E-state index contributed by atoms with van der Waals surface area (Å²) in [6.45, 7) is 8.76. The molecular weight excluding hydrogens is 208 g/mol. The summed E-state index contributed by atoms with van der Waals surface area (Å²) in [6.07, 6.45) is 0. The van der Waals surface area contributed by atoms with E-state index in [1.54, 1.807) is 11.8 Å². The lowest BCUT2D eigenvalue weighted by Gasteiger charge is -2.29. The van der Waals surface area contributed by atoms with Gasteiger partial charge in [0, 0.05) is 11.7 Å². The lowest BCUT2D eigenvalue weighted by atomic mass is 10.1. The Bertz CT molecular complexity index is 345. The minimum atomic E-state index is 0.408. The van der Waals surface area contributed by atoms with Crippen LogP contribution >= 0.6 is 11.8 Å². The third kappa shape index (κ3) is 1.97. The van der Waals surface area contributed by atoms with Crippen LogP contribution in [0.1, 0.15) is 39.4 Å². The zero-order valence-corrected chi connectivity index (χ0v) is 10.5. The van der Waals surface area contributed by atoms with Crippen LogP contribution in [0.25, 0.3) is 0 Å². The molecule has 1 aromatic rings. The average Bonchev–Trinajstić information content (AvgIpc) is 2.59. The first-order valence-electron chi connectivity index (χ1n) is 5.44. The summed E-state index contributed by atoms with van der Waals surface area (Å²) in [7, 11) is 0. The van der Waals surface area contributed by atoms with E-state index in [4.69, 9.17) is 0 Å². The molecule has 0 spiro atoms. The monoisotopic (exact) mass is 226 g/mol. The van der Waals surface area contributed by atoms with Crippen molar-refractivity contribution in [1.29, 1.82) is 0 Å². The Hall–Kier alpha value is -0.710. The molecule has 2 rings (SSSR count). The first-order valence-corrected chi connectivity index (χ1v) is 6.42. The summed E-state index contributed by atoms with van der Waals surface area (Å²) in [6, 6.07) is 0.510. The van der Waals surface area contributed by atoms with E-state index in [0.717, 1.165) is 16.7 Å². The van der Waals surface area contributed by atoms with Crippen LogP contribution in [-0.2, 0) is 0 Å². The minimum Gasteiger partial charge on any atom is -0.318 e. The Morgan fingerprint density at radius 3 is 2.67 bits per heavy atom. The quantitative estimate of drug-likeness (QED) is 0.838. The van der Waals surface area contributed by atoms with Gasteiger partial charge in [0.15, 0.2) is 5.82 Å². The van der Waals surface area contributed by atoms with Gasteiger partial charge in [-0.05, 0) is 5.92 Å². The first-order chi connectivity index (χ1) is 7.09. The molecule has 15 heavy (non-hydrogen) atoms. The standard InChI is InChI=1S/C10H18N4S/c1-6(2)8-5-15-10-12-11-9(7(3)4)14(10)13-8/h6-8,13H,5H2,1-4H3. The van der Waals surface area contributed by atoms with Crippen molar-refractivity contribution in [2.75, 3.05) is 11.2 Å². The van der Waals surface area contributed by atoms with Gasteiger partial charge in [-0.3, -0.25) is 0 Å². The largest absolute Gasteiger partial charge is 0.318 e. The Labute approximate surface area is 94.8 Å². The average molecular weight is 226 g/mol. The van der Waals surface area contributed by atoms with Crippen molar-refractivity contribution < 1.29 is 0 Å². The Kier molecular flexibility index (Phi) is 2.91. The van der Waals surface area contributed by atoms with E-state index in [1.165, 1.54) is 0 Å². The second-order valence-corrected chi connectivity index (χ2v) is 5.61. The number of thioether (sulfide) groups is 1. The van der Waals surface area contributed by atoms with Crippen molar-refractivity contribution in [3.05, 3.63) is 5.82 Å². The molecule has 0 aliphatic carbocycles. The molecule has 2 heterocycles. The van der Waals surface area contributed by atoms with Gasteiger partial charge in [-0.2, -0.15) is 0 Å². The maximum Gasteiger partial charge on any atom is 0.210 e. The van der Waals surface area contributed by atoms with Crippen LogP contribution in [0.15, 0.2) is 5.16 Å². The predicted molar refractivity (Wildman–Crippen MR) is 62.8 cm³/mol. The van der Waals surface area contributed by atoms with E-state index in [9.17, 15) is 0 Å². The maximum absolute atomic E-state index is 4.22. The molecule has 0 radical (unpaired) electrons. The molecule has 1 aliphatic heterocycles. The van der Waals surface area contributed by atoms with E-state index in [0.29, 0.717) is 17.9 Å². The summed E-state index contributed by atoms with van der Waals surface area (Å²) in [4.78, 5) is 0. The number of hydrogen-bond acceptors (Lipinski definition) is 4. The van der Waals surface area contributed by atoms with Gasteiger partial charge in [0.1, 0.15) is 0 Å². The fourth-order valence-corrected chi connectivity index (χ4v) is 2.74. The number of nitrogens with zero attached hydrogens (tertiary/aromatic N) is 3. The number of nitrogens with one attached hydrogen (secondary N) is 1. The van der Waals surface area contributed by atoms with Crippen molar-refractivity contribution in [1.82, 2.24) is 14.9 Å². The molecule has 4 nitrogen and oxygen atoms in total. The molecule has 1 N–H and O–H groups in total. The third-order valence-corrected chi connectivity index (χ3v) is 3.71. The molecule has 0 bridgehead atoms. The molecular formula is C10H18N4S. The fraction of sp³-hybridized carbons (Fsp3) is 0.800. The molecule has 0 amide bonds. The van der Waals surface area contributed by atoms with Crippen LogP contribution < -0.4 is 5.43 Å². The molecule has 1 aromatic heterocycles. The van der Waals surface area contributed by atoms with E-state index in [-0.39, 0.29) is 0 Å². The van der Waals surface area contributed by atoms with Gasteiger partial charge in [0.2, 0.25) is 5.16 Å². The first kappa shape index (κ1) is 10.8. The van der Waals surface area contributed by atoms with E-state index < -0.39 is 0 Å². The molecule has 1 aliphatic rings. The zero-order chi connectivity index (χ0) is 11.0. The number of hydrogen-bond donors (Lipinski definition) is 1. The van der Waals surface area contributed by atoms with Gasteiger partial charge >= 0.3 is 0 Å². The highest BCUT2D eigenvalue weighted by Gasteiger charge is 2.25. The zero-order valence-electron chi connectivity index (χ0n) is 9.69. The lowest BCUT2D eigenvalue weighted by molar-refractivity contribution is 0.490. The maximum atomic E-state index is 4.22. The van der Waals surface area contributed by atoms with Crippen LogP contribution in [-0.4, -0.2) is 26.7 Å². The van der Waals surface area contributed by atoms with Gasteiger partial charge in [-0.25, -0.2) is 4.68 Å². The number of fused-ring (bicyclic) bond motifs is 1. The molecule has 0 saturated carbocycles. The Morgan fingerprint density at radius 1 is 1.33 bits per heavy atom. The van der Waals surface area contributed by atoms with E-state index >= 15 is 0 Å². The summed E-state index contributed by atoms with van der Waals surface area (Å²) in [5.41, 5.74) is 3.50. The van der Waals surface area contributed by atoms with Crippen molar-refractivity contribution in [2.45, 2.75) is 44.8 Å². The van der Waals surface area contributed by atoms with Gasteiger partial charge in [0.25, 0.3) is 0 Å². The minimum absolute atomic E-state index is 0.408. The third-order valence-electron chi connectivity index (χ3n) is 2.67. The lowest BCUT2D eigenvalue weighted by Crippen LogP contribution is -2.39. The van der Waals surface area contributed by atoms with Crippen LogP contribution in [0.5, 0.6) is 0 Å². The van der Waals surface area contributed by atoms with Crippen LogP contribution in [0.2, 0.25) is 0 Å². The van der Waals surface area contributed by atoms with Crippen molar-refractivity contribution >= 4 is 11.8 Å². The van der Waals surface area contributed by atoms with Gasteiger partial charge in [-0.15, -0.1) is 10.2 Å². The van der Waals surface area contributed by atoms with Gasteiger partial charge in [0.05, 0.1) is 6.04 Å². The van der Waals surface area contributed by atoms with Gasteiger partial charge < -0.3 is 5.43 Å². The predicted octanol–water partition coefficient (Wildman–Crippen LogP) is 2.08. The Balaban J connectivity index is 2.26. The molecule has 1 atom stereocenters. The van der Waals surface area contributed by atoms with Crippen LogP contribution in [0, 0.1) is 5.92 Å². The summed E-state index contributed by atoms with van der Waals surface area (Å²) in [5.74, 6) is 3.15. The van der Waals surface area contributed by atoms with E-state index in [2.05, 4.69) is 48.0 Å². The highest BCUT2D eigenvalue weighted by molar-refractivity contribution is 7.99. The number of aromatic nitrogens is 3. The van der Waals surface area contributed by atoms with Crippen LogP contribution in [0.3, 0.4) is 0 Å². The second-order valence-electron chi connectivity index (χ2n) is 4.62. The fourth-order valence-electron chi connectivity index (χ4n) is 1.58. The van der Waals surface area contributed by atoms with Gasteiger partial charge in [-0.1, -0.05) is 39.5 Å². The normalized spacial score (nSPS) is 20.5. The molecule has 1 unspecified atom stereocenters. The summed E-state index contributed by atoms with van der Waals surface area (Å²) < 4.78 is 2.06. The SMILES string of the molecule is CC(C)c1nnc2n1NC(C(C)C)CS2. The molecule has 84 valence electrons. The molecule has 5 heteroatoms. The van der Waals surface area contributed by atoms with Crippen molar-refractivity contribution in [2.24, 2.45) is 5.92 Å². The number of rotatable bonds is 2. The van der Waals surface area contributed by atoms with E-state index in [1.807, 2.05) is 0 Å². The molecule has 0 fully saturated rings. The second kappa shape index (κ2) is 4.04. The Morgan fingerprint density at radius 2 is 2.07 bits per heavy atom. The highest BCUT2D eigenvalue weighted by Crippen LogP contribution is 2.26. The highest BCUT2D eigenvalue weighted by atomic mass is 32.2. The molecule has 0 saturated heterocycles. The summed E-state index contributed by atoms with van der Waals surface area (Å²) >= 11 is 1.79. The van der Waals surface area contributed by atoms with Crippen molar-refractivity contribution in [3.8, 4) is 0 Å². The van der Waals surface area contributed by atoms with Crippen LogP contribution in [0.4, 0.5) is 0 Å².